The van der Waals surface area contributed by atoms with Crippen LogP contribution in [0, 0.1) is 11.3 Å². The van der Waals surface area contributed by atoms with Gasteiger partial charge in [0.05, 0.1) is 29.7 Å². The summed E-state index contributed by atoms with van der Waals surface area (Å²) in [7, 11) is 0. The van der Waals surface area contributed by atoms with Gasteiger partial charge in [0.2, 0.25) is 0 Å². The van der Waals surface area contributed by atoms with E-state index in [4.69, 9.17) is 10.00 Å². The standard InChI is InChI=1S/C19H16N4O/c20-12-14-1-3-15(4-2-14)19(23-9-7-21-13-23)16-5-6-17-18(11-16)24-10-8-22-17/h1-7,9,11,13,19,22H,8,10H2. The van der Waals surface area contributed by atoms with Gasteiger partial charge >= 0.3 is 0 Å². The van der Waals surface area contributed by atoms with Crippen molar-refractivity contribution >= 4 is 5.69 Å². The van der Waals surface area contributed by atoms with Crippen molar-refractivity contribution in [3.63, 3.8) is 0 Å². The number of nitriles is 1. The summed E-state index contributed by atoms with van der Waals surface area (Å²) in [5.41, 5.74) is 3.88. The van der Waals surface area contributed by atoms with Gasteiger partial charge in [0.25, 0.3) is 0 Å². The molecule has 0 aliphatic carbocycles. The molecule has 0 fully saturated rings. The maximum atomic E-state index is 9.01. The minimum atomic E-state index is -0.0175. The Hall–Kier alpha value is -3.26. The monoisotopic (exact) mass is 316 g/mol. The van der Waals surface area contributed by atoms with Gasteiger partial charge in [-0.15, -0.1) is 0 Å². The number of fused-ring (bicyclic) bond motifs is 1. The summed E-state index contributed by atoms with van der Waals surface area (Å²) in [6.45, 7) is 1.50. The second-order valence-electron chi connectivity index (χ2n) is 5.68. The van der Waals surface area contributed by atoms with E-state index < -0.39 is 0 Å². The number of imidazole rings is 1. The highest BCUT2D eigenvalue weighted by atomic mass is 16.5. The van der Waals surface area contributed by atoms with Gasteiger partial charge in [-0.05, 0) is 35.4 Å². The number of aromatic nitrogens is 2. The number of nitrogens with one attached hydrogen (secondary N) is 1. The van der Waals surface area contributed by atoms with Gasteiger partial charge in [-0.1, -0.05) is 18.2 Å². The second kappa shape index (κ2) is 6.09. The first-order valence-corrected chi connectivity index (χ1v) is 7.83. The third-order valence-corrected chi connectivity index (χ3v) is 4.18. The normalized spacial score (nSPS) is 14.0. The lowest BCUT2D eigenvalue weighted by Gasteiger charge is -2.24. The van der Waals surface area contributed by atoms with Crippen molar-refractivity contribution in [1.29, 1.82) is 5.26 Å². The molecule has 1 unspecified atom stereocenters. The average molecular weight is 316 g/mol. The minimum Gasteiger partial charge on any atom is -0.490 e. The fourth-order valence-electron chi connectivity index (χ4n) is 3.02. The first-order chi connectivity index (χ1) is 11.8. The van der Waals surface area contributed by atoms with Crippen LogP contribution in [0.5, 0.6) is 5.75 Å². The first-order valence-electron chi connectivity index (χ1n) is 7.83. The smallest absolute Gasteiger partial charge is 0.142 e. The van der Waals surface area contributed by atoms with Crippen molar-refractivity contribution in [1.82, 2.24) is 9.55 Å². The summed E-state index contributed by atoms with van der Waals surface area (Å²) < 4.78 is 7.83. The summed E-state index contributed by atoms with van der Waals surface area (Å²) >= 11 is 0. The molecule has 0 saturated heterocycles. The molecule has 0 bridgehead atoms. The number of rotatable bonds is 3. The molecule has 2 aromatic carbocycles. The van der Waals surface area contributed by atoms with Gasteiger partial charge in [0, 0.05) is 18.9 Å². The maximum Gasteiger partial charge on any atom is 0.142 e. The molecular weight excluding hydrogens is 300 g/mol. The SMILES string of the molecule is N#Cc1ccc(C(c2ccc3c(c2)OCCN3)n2ccnc2)cc1. The first kappa shape index (κ1) is 14.3. The molecule has 0 amide bonds. The zero-order valence-corrected chi connectivity index (χ0v) is 13.0. The molecule has 5 nitrogen and oxygen atoms in total. The molecule has 2 heterocycles. The lowest BCUT2D eigenvalue weighted by molar-refractivity contribution is 0.322. The van der Waals surface area contributed by atoms with E-state index in [-0.39, 0.29) is 6.04 Å². The third-order valence-electron chi connectivity index (χ3n) is 4.18. The van der Waals surface area contributed by atoms with Gasteiger partial charge < -0.3 is 14.6 Å². The van der Waals surface area contributed by atoms with Gasteiger partial charge in [0.15, 0.2) is 0 Å². The van der Waals surface area contributed by atoms with Crippen molar-refractivity contribution in [3.05, 3.63) is 77.9 Å². The lowest BCUT2D eigenvalue weighted by atomic mass is 9.97. The van der Waals surface area contributed by atoms with Crippen LogP contribution in [0.15, 0.2) is 61.2 Å². The van der Waals surface area contributed by atoms with Crippen LogP contribution in [0.3, 0.4) is 0 Å². The Bertz CT molecular complexity index is 879. The van der Waals surface area contributed by atoms with E-state index in [1.807, 2.05) is 30.5 Å². The second-order valence-corrected chi connectivity index (χ2v) is 5.68. The molecule has 1 aliphatic rings. The fourth-order valence-corrected chi connectivity index (χ4v) is 3.02. The number of ether oxygens (including phenoxy) is 1. The van der Waals surface area contributed by atoms with Gasteiger partial charge in [-0.2, -0.15) is 5.26 Å². The number of hydrogen-bond donors (Lipinski definition) is 1. The molecular formula is C19H16N4O. The molecule has 0 radical (unpaired) electrons. The summed E-state index contributed by atoms with van der Waals surface area (Å²) in [5.74, 6) is 0.873. The topological polar surface area (TPSA) is 62.9 Å². The van der Waals surface area contributed by atoms with E-state index in [1.165, 1.54) is 0 Å². The van der Waals surface area contributed by atoms with E-state index in [0.717, 1.165) is 29.1 Å². The van der Waals surface area contributed by atoms with Crippen molar-refractivity contribution in [2.75, 3.05) is 18.5 Å². The Balaban J connectivity index is 1.80. The van der Waals surface area contributed by atoms with E-state index in [1.54, 1.807) is 12.5 Å². The van der Waals surface area contributed by atoms with E-state index in [9.17, 15) is 0 Å². The van der Waals surface area contributed by atoms with Crippen LogP contribution in [-0.4, -0.2) is 22.7 Å². The molecule has 0 spiro atoms. The Kier molecular flexibility index (Phi) is 3.64. The Morgan fingerprint density at radius 2 is 2.00 bits per heavy atom. The summed E-state index contributed by atoms with van der Waals surface area (Å²) in [4.78, 5) is 4.18. The summed E-state index contributed by atoms with van der Waals surface area (Å²) in [6.07, 6.45) is 5.52. The van der Waals surface area contributed by atoms with Crippen LogP contribution in [0.1, 0.15) is 22.7 Å². The van der Waals surface area contributed by atoms with Crippen molar-refractivity contribution in [2.45, 2.75) is 6.04 Å². The highest BCUT2D eigenvalue weighted by molar-refractivity contribution is 5.60. The Labute approximate surface area is 140 Å². The number of benzene rings is 2. The lowest BCUT2D eigenvalue weighted by Crippen LogP contribution is -2.19. The molecule has 1 aromatic heterocycles. The molecule has 3 aromatic rings. The van der Waals surface area contributed by atoms with Gasteiger partial charge in [0.1, 0.15) is 12.4 Å². The summed E-state index contributed by atoms with van der Waals surface area (Å²) in [5, 5.41) is 12.3. The predicted octanol–water partition coefficient (Wildman–Crippen LogP) is 3.20. The third kappa shape index (κ3) is 2.59. The van der Waals surface area contributed by atoms with Crippen molar-refractivity contribution in [3.8, 4) is 11.8 Å². The van der Waals surface area contributed by atoms with Crippen molar-refractivity contribution in [2.24, 2.45) is 0 Å². The Morgan fingerprint density at radius 1 is 1.17 bits per heavy atom. The van der Waals surface area contributed by atoms with E-state index in [0.29, 0.717) is 12.2 Å². The average Bonchev–Trinajstić information content (AvgIpc) is 3.17. The zero-order valence-electron chi connectivity index (χ0n) is 13.0. The number of hydrogen-bond acceptors (Lipinski definition) is 4. The van der Waals surface area contributed by atoms with E-state index >= 15 is 0 Å². The van der Waals surface area contributed by atoms with Crippen LogP contribution in [-0.2, 0) is 0 Å². The van der Waals surface area contributed by atoms with Crippen LogP contribution >= 0.6 is 0 Å². The number of nitrogens with zero attached hydrogens (tertiary/aromatic N) is 3. The fraction of sp³-hybridized carbons (Fsp3) is 0.158. The zero-order chi connectivity index (χ0) is 16.4. The maximum absolute atomic E-state index is 9.01. The highest BCUT2D eigenvalue weighted by Crippen LogP contribution is 2.34. The van der Waals surface area contributed by atoms with Crippen molar-refractivity contribution < 1.29 is 4.74 Å². The van der Waals surface area contributed by atoms with E-state index in [2.05, 4.69) is 39.1 Å². The minimum absolute atomic E-state index is 0.0175. The largest absolute Gasteiger partial charge is 0.490 e. The Morgan fingerprint density at radius 3 is 2.75 bits per heavy atom. The van der Waals surface area contributed by atoms with Gasteiger partial charge in [-0.25, -0.2) is 4.98 Å². The molecule has 1 N–H and O–H groups in total. The summed E-state index contributed by atoms with van der Waals surface area (Å²) in [6, 6.07) is 16.0. The van der Waals surface area contributed by atoms with Crippen LogP contribution in [0.2, 0.25) is 0 Å². The molecule has 118 valence electrons. The molecule has 0 saturated carbocycles. The molecule has 4 rings (SSSR count). The number of anilines is 1. The highest BCUT2D eigenvalue weighted by Gasteiger charge is 2.19. The van der Waals surface area contributed by atoms with Crippen LogP contribution < -0.4 is 10.1 Å². The van der Waals surface area contributed by atoms with Crippen LogP contribution in [0.4, 0.5) is 5.69 Å². The molecule has 1 atom stereocenters. The molecule has 24 heavy (non-hydrogen) atoms. The molecule has 1 aliphatic heterocycles. The predicted molar refractivity (Wildman–Crippen MR) is 91.1 cm³/mol. The molecule has 5 heteroatoms. The quantitative estimate of drug-likeness (QED) is 0.806. The van der Waals surface area contributed by atoms with Gasteiger partial charge in [-0.3, -0.25) is 0 Å². The van der Waals surface area contributed by atoms with Crippen LogP contribution in [0.25, 0.3) is 0 Å².